The number of hydrogen-bond acceptors (Lipinski definition) is 3. The Kier molecular flexibility index (Phi) is 4.52. The van der Waals surface area contributed by atoms with Gasteiger partial charge in [0, 0.05) is 49.8 Å². The van der Waals surface area contributed by atoms with Crippen LogP contribution in [0.15, 0.2) is 30.3 Å². The van der Waals surface area contributed by atoms with Gasteiger partial charge in [0.05, 0.1) is 0 Å². The number of benzene rings is 1. The van der Waals surface area contributed by atoms with Crippen LogP contribution >= 0.6 is 11.8 Å². The first-order valence-electron chi connectivity index (χ1n) is 7.59. The van der Waals surface area contributed by atoms with E-state index in [2.05, 4.69) is 23.2 Å². The molecule has 1 aromatic carbocycles. The maximum Gasteiger partial charge on any atom is 0.222 e. The van der Waals surface area contributed by atoms with Gasteiger partial charge in [0.25, 0.3) is 0 Å². The lowest BCUT2D eigenvalue weighted by Gasteiger charge is -2.15. The first-order valence-corrected chi connectivity index (χ1v) is 8.58. The van der Waals surface area contributed by atoms with Gasteiger partial charge in [0.2, 0.25) is 5.91 Å². The van der Waals surface area contributed by atoms with Crippen molar-refractivity contribution in [2.75, 3.05) is 18.8 Å². The van der Waals surface area contributed by atoms with Gasteiger partial charge in [-0.25, -0.2) is 0 Å². The molecule has 1 aromatic heterocycles. The van der Waals surface area contributed by atoms with Crippen molar-refractivity contribution in [2.24, 2.45) is 5.92 Å². The average molecular weight is 316 g/mol. The van der Waals surface area contributed by atoms with E-state index in [9.17, 15) is 9.59 Å². The van der Waals surface area contributed by atoms with E-state index in [1.807, 2.05) is 17.0 Å². The monoisotopic (exact) mass is 316 g/mol. The minimum absolute atomic E-state index is 0.129. The van der Waals surface area contributed by atoms with Gasteiger partial charge >= 0.3 is 0 Å². The van der Waals surface area contributed by atoms with Crippen molar-refractivity contribution in [3.05, 3.63) is 36.0 Å². The van der Waals surface area contributed by atoms with Crippen molar-refractivity contribution in [3.63, 3.8) is 0 Å². The van der Waals surface area contributed by atoms with E-state index in [0.29, 0.717) is 12.3 Å². The second kappa shape index (κ2) is 6.57. The molecule has 1 aliphatic rings. The highest BCUT2D eigenvalue weighted by Crippen LogP contribution is 2.23. The molecule has 5 heteroatoms. The molecule has 1 unspecified atom stereocenters. The molecule has 1 fully saturated rings. The molecule has 22 heavy (non-hydrogen) atoms. The van der Waals surface area contributed by atoms with Crippen LogP contribution in [0.1, 0.15) is 19.0 Å². The highest BCUT2D eigenvalue weighted by atomic mass is 32.2. The number of para-hydroxylation sites is 1. The van der Waals surface area contributed by atoms with Crippen LogP contribution in [0, 0.1) is 5.92 Å². The lowest BCUT2D eigenvalue weighted by Crippen LogP contribution is -2.27. The number of rotatable bonds is 5. The standard InChI is InChI=1S/C17H20N2O2S/c1-12(20)22-11-13-8-17(21)19(10-13)7-6-15-9-14-4-2-3-5-16(14)18-15/h2-5,9,13,18H,6-8,10-11H2,1H3. The second-order valence-corrected chi connectivity index (χ2v) is 7.04. The normalized spacial score (nSPS) is 18.3. The third-order valence-electron chi connectivity index (χ3n) is 4.05. The number of aromatic nitrogens is 1. The van der Waals surface area contributed by atoms with Crippen molar-refractivity contribution in [3.8, 4) is 0 Å². The van der Waals surface area contributed by atoms with E-state index in [0.717, 1.165) is 36.5 Å². The second-order valence-electron chi connectivity index (χ2n) is 5.84. The fourth-order valence-corrected chi connectivity index (χ4v) is 3.63. The molecule has 0 spiro atoms. The number of nitrogens with zero attached hydrogens (tertiary/aromatic N) is 1. The summed E-state index contributed by atoms with van der Waals surface area (Å²) in [6, 6.07) is 10.4. The molecular formula is C17H20N2O2S. The summed E-state index contributed by atoms with van der Waals surface area (Å²) in [4.78, 5) is 28.4. The largest absolute Gasteiger partial charge is 0.358 e. The summed E-state index contributed by atoms with van der Waals surface area (Å²) in [6.07, 6.45) is 1.42. The van der Waals surface area contributed by atoms with E-state index < -0.39 is 0 Å². The Morgan fingerprint density at radius 2 is 2.23 bits per heavy atom. The average Bonchev–Trinajstić information content (AvgIpc) is 3.05. The Hall–Kier alpha value is -1.75. The molecule has 2 aromatic rings. The number of carbonyl (C=O) groups is 2. The van der Waals surface area contributed by atoms with Crippen LogP contribution in [0.3, 0.4) is 0 Å². The number of hydrogen-bond donors (Lipinski definition) is 1. The minimum atomic E-state index is 0.129. The lowest BCUT2D eigenvalue weighted by atomic mass is 10.1. The number of likely N-dealkylation sites (tertiary alicyclic amines) is 1. The zero-order chi connectivity index (χ0) is 15.5. The molecule has 0 saturated carbocycles. The van der Waals surface area contributed by atoms with E-state index in [1.165, 1.54) is 17.1 Å². The first kappa shape index (κ1) is 15.2. The van der Waals surface area contributed by atoms with Gasteiger partial charge in [-0.15, -0.1) is 0 Å². The summed E-state index contributed by atoms with van der Waals surface area (Å²) >= 11 is 1.33. The van der Waals surface area contributed by atoms with Gasteiger partial charge in [0.1, 0.15) is 0 Å². The summed E-state index contributed by atoms with van der Waals surface area (Å²) in [5.74, 6) is 1.28. The maximum atomic E-state index is 12.0. The summed E-state index contributed by atoms with van der Waals surface area (Å²) in [5.41, 5.74) is 2.30. The van der Waals surface area contributed by atoms with E-state index in [1.54, 1.807) is 6.92 Å². The van der Waals surface area contributed by atoms with Gasteiger partial charge in [-0.05, 0) is 23.4 Å². The molecule has 1 atom stereocenters. The maximum absolute atomic E-state index is 12.0. The fourth-order valence-electron chi connectivity index (χ4n) is 2.94. The molecule has 0 bridgehead atoms. The van der Waals surface area contributed by atoms with Crippen LogP contribution in [-0.4, -0.2) is 39.7 Å². The Morgan fingerprint density at radius 1 is 1.41 bits per heavy atom. The number of H-pyrrole nitrogens is 1. The van der Waals surface area contributed by atoms with Gasteiger partial charge in [0.15, 0.2) is 5.12 Å². The highest BCUT2D eigenvalue weighted by molar-refractivity contribution is 8.13. The molecule has 116 valence electrons. The molecule has 2 heterocycles. The molecule has 1 aliphatic heterocycles. The van der Waals surface area contributed by atoms with Gasteiger partial charge in [-0.2, -0.15) is 0 Å². The zero-order valence-corrected chi connectivity index (χ0v) is 13.5. The Labute approximate surface area is 134 Å². The van der Waals surface area contributed by atoms with Crippen LogP contribution in [0.2, 0.25) is 0 Å². The summed E-state index contributed by atoms with van der Waals surface area (Å²) in [6.45, 7) is 3.10. The Balaban J connectivity index is 1.54. The summed E-state index contributed by atoms with van der Waals surface area (Å²) in [5, 5.41) is 1.34. The third kappa shape index (κ3) is 3.53. The number of fused-ring (bicyclic) bond motifs is 1. The molecule has 1 amide bonds. The van der Waals surface area contributed by atoms with Gasteiger partial charge in [-0.3, -0.25) is 9.59 Å². The third-order valence-corrected chi connectivity index (χ3v) is 5.10. The SMILES string of the molecule is CC(=O)SCC1CC(=O)N(CCc2cc3ccccc3[nH]2)C1. The topological polar surface area (TPSA) is 53.2 Å². The van der Waals surface area contributed by atoms with E-state index >= 15 is 0 Å². The highest BCUT2D eigenvalue weighted by Gasteiger charge is 2.29. The van der Waals surface area contributed by atoms with Crippen LogP contribution in [-0.2, 0) is 16.0 Å². The van der Waals surface area contributed by atoms with Crippen molar-refractivity contribution >= 4 is 33.7 Å². The predicted molar refractivity (Wildman–Crippen MR) is 89.8 cm³/mol. The number of nitrogens with one attached hydrogen (secondary N) is 1. The Morgan fingerprint density at radius 3 is 3.00 bits per heavy atom. The minimum Gasteiger partial charge on any atom is -0.358 e. The van der Waals surface area contributed by atoms with Crippen molar-refractivity contribution in [2.45, 2.75) is 19.8 Å². The summed E-state index contributed by atoms with van der Waals surface area (Å²) < 4.78 is 0. The molecule has 0 radical (unpaired) electrons. The molecule has 4 nitrogen and oxygen atoms in total. The molecule has 3 rings (SSSR count). The van der Waals surface area contributed by atoms with Gasteiger partial charge in [-0.1, -0.05) is 30.0 Å². The number of aromatic amines is 1. The Bertz CT molecular complexity index is 662. The van der Waals surface area contributed by atoms with Crippen molar-refractivity contribution < 1.29 is 9.59 Å². The van der Waals surface area contributed by atoms with Crippen molar-refractivity contribution in [1.29, 1.82) is 0 Å². The molecule has 0 aliphatic carbocycles. The first-order chi connectivity index (χ1) is 10.6. The fraction of sp³-hybridized carbons (Fsp3) is 0.412. The van der Waals surface area contributed by atoms with E-state index in [4.69, 9.17) is 0 Å². The number of amides is 1. The number of carbonyl (C=O) groups excluding carboxylic acids is 2. The van der Waals surface area contributed by atoms with Crippen LogP contribution in [0.4, 0.5) is 0 Å². The summed E-state index contributed by atoms with van der Waals surface area (Å²) in [7, 11) is 0. The molecular weight excluding hydrogens is 296 g/mol. The quantitative estimate of drug-likeness (QED) is 0.923. The number of thioether (sulfide) groups is 1. The lowest BCUT2D eigenvalue weighted by molar-refractivity contribution is -0.127. The van der Waals surface area contributed by atoms with E-state index in [-0.39, 0.29) is 11.0 Å². The van der Waals surface area contributed by atoms with Crippen LogP contribution < -0.4 is 0 Å². The van der Waals surface area contributed by atoms with Crippen LogP contribution in [0.5, 0.6) is 0 Å². The van der Waals surface area contributed by atoms with Crippen LogP contribution in [0.25, 0.3) is 10.9 Å². The van der Waals surface area contributed by atoms with Crippen molar-refractivity contribution in [1.82, 2.24) is 9.88 Å². The van der Waals surface area contributed by atoms with Gasteiger partial charge < -0.3 is 9.88 Å². The smallest absolute Gasteiger partial charge is 0.222 e. The molecule has 1 saturated heterocycles. The molecule has 1 N–H and O–H groups in total. The predicted octanol–water partition coefficient (Wildman–Crippen LogP) is 2.84. The zero-order valence-electron chi connectivity index (χ0n) is 12.7.